The van der Waals surface area contributed by atoms with Crippen LogP contribution >= 0.6 is 0 Å². The van der Waals surface area contributed by atoms with E-state index in [4.69, 9.17) is 9.73 Å². The first kappa shape index (κ1) is 24.0. The molecule has 0 aromatic heterocycles. The van der Waals surface area contributed by atoms with Gasteiger partial charge in [0.2, 0.25) is 0 Å². The first-order chi connectivity index (χ1) is 15.0. The summed E-state index contributed by atoms with van der Waals surface area (Å²) in [4.78, 5) is 9.43. The molecule has 0 bridgehead atoms. The van der Waals surface area contributed by atoms with Crippen LogP contribution in [-0.4, -0.2) is 74.8 Å². The SMILES string of the molecule is CCNC(=NCc1ccc(F)c(CN(C)C)c1)NCC1(N2CCOCC2)CCCCC1. The largest absolute Gasteiger partial charge is 0.379 e. The lowest BCUT2D eigenvalue weighted by Gasteiger charge is -2.48. The van der Waals surface area contributed by atoms with Gasteiger partial charge in [0.15, 0.2) is 5.96 Å². The van der Waals surface area contributed by atoms with Crippen molar-refractivity contribution in [2.45, 2.75) is 57.7 Å². The summed E-state index contributed by atoms with van der Waals surface area (Å²) in [5, 5.41) is 7.02. The van der Waals surface area contributed by atoms with Crippen LogP contribution in [0, 0.1) is 5.82 Å². The molecular formula is C24H40FN5O. The first-order valence-corrected chi connectivity index (χ1v) is 11.8. The summed E-state index contributed by atoms with van der Waals surface area (Å²) in [7, 11) is 3.90. The van der Waals surface area contributed by atoms with Crippen molar-refractivity contribution in [2.24, 2.45) is 4.99 Å². The normalized spacial score (nSPS) is 20.1. The monoisotopic (exact) mass is 433 g/mol. The van der Waals surface area contributed by atoms with E-state index >= 15 is 0 Å². The third-order valence-electron chi connectivity index (χ3n) is 6.41. The molecule has 2 N–H and O–H groups in total. The number of hydrogen-bond donors (Lipinski definition) is 2. The average molecular weight is 434 g/mol. The molecule has 0 radical (unpaired) electrons. The number of aliphatic imine (C=N–C) groups is 1. The Balaban J connectivity index is 1.67. The van der Waals surface area contributed by atoms with E-state index in [9.17, 15) is 4.39 Å². The fourth-order valence-corrected chi connectivity index (χ4v) is 4.80. The third kappa shape index (κ3) is 6.89. The molecule has 1 saturated heterocycles. The maximum Gasteiger partial charge on any atom is 0.191 e. The molecule has 0 amide bonds. The van der Waals surface area contributed by atoms with Gasteiger partial charge in [-0.2, -0.15) is 0 Å². The van der Waals surface area contributed by atoms with Crippen molar-refractivity contribution in [1.29, 1.82) is 0 Å². The Labute approximate surface area is 187 Å². The minimum atomic E-state index is -0.156. The van der Waals surface area contributed by atoms with E-state index in [1.54, 1.807) is 6.07 Å². The summed E-state index contributed by atoms with van der Waals surface area (Å²) in [6.07, 6.45) is 6.37. The van der Waals surface area contributed by atoms with E-state index in [2.05, 4.69) is 22.5 Å². The molecule has 6 nitrogen and oxygen atoms in total. The molecule has 174 valence electrons. The zero-order chi connectivity index (χ0) is 22.1. The molecule has 1 aliphatic carbocycles. The van der Waals surface area contributed by atoms with E-state index in [0.717, 1.165) is 50.9 Å². The van der Waals surface area contributed by atoms with Crippen LogP contribution in [0.4, 0.5) is 4.39 Å². The summed E-state index contributed by atoms with van der Waals surface area (Å²) in [6, 6.07) is 5.32. The van der Waals surface area contributed by atoms with Gasteiger partial charge >= 0.3 is 0 Å². The van der Waals surface area contributed by atoms with Gasteiger partial charge in [0.05, 0.1) is 19.8 Å². The predicted molar refractivity (Wildman–Crippen MR) is 125 cm³/mol. The Kier molecular flexibility index (Phi) is 9.11. The zero-order valence-electron chi connectivity index (χ0n) is 19.6. The van der Waals surface area contributed by atoms with Gasteiger partial charge in [0.1, 0.15) is 5.82 Å². The number of hydrogen-bond acceptors (Lipinski definition) is 4. The van der Waals surface area contributed by atoms with Crippen molar-refractivity contribution in [3.63, 3.8) is 0 Å². The maximum atomic E-state index is 14.1. The lowest BCUT2D eigenvalue weighted by atomic mass is 9.80. The van der Waals surface area contributed by atoms with Crippen molar-refractivity contribution in [1.82, 2.24) is 20.4 Å². The quantitative estimate of drug-likeness (QED) is 0.488. The van der Waals surface area contributed by atoms with E-state index in [-0.39, 0.29) is 11.4 Å². The smallest absolute Gasteiger partial charge is 0.191 e. The second-order valence-corrected chi connectivity index (χ2v) is 9.10. The Hall–Kier alpha value is -1.70. The van der Waals surface area contributed by atoms with E-state index < -0.39 is 0 Å². The van der Waals surface area contributed by atoms with E-state index in [1.165, 1.54) is 32.1 Å². The third-order valence-corrected chi connectivity index (χ3v) is 6.41. The highest BCUT2D eigenvalue weighted by molar-refractivity contribution is 5.79. The fraction of sp³-hybridized carbons (Fsp3) is 0.708. The second-order valence-electron chi connectivity index (χ2n) is 9.10. The molecule has 1 aliphatic heterocycles. The van der Waals surface area contributed by atoms with Crippen LogP contribution in [-0.2, 0) is 17.8 Å². The van der Waals surface area contributed by atoms with Gasteiger partial charge in [-0.3, -0.25) is 4.90 Å². The van der Waals surface area contributed by atoms with Crippen molar-refractivity contribution in [2.75, 3.05) is 53.5 Å². The molecule has 2 fully saturated rings. The Morgan fingerprint density at radius 3 is 2.58 bits per heavy atom. The standard InChI is InChI=1S/C24H40FN5O/c1-4-26-23(27-17-20-8-9-22(25)21(16-20)18-29(2)3)28-19-24(10-6-5-7-11-24)30-12-14-31-15-13-30/h8-9,16H,4-7,10-15,17-19H2,1-3H3,(H2,26,27,28). The van der Waals surface area contributed by atoms with Gasteiger partial charge in [0.25, 0.3) is 0 Å². The number of ether oxygens (including phenoxy) is 1. The fourth-order valence-electron chi connectivity index (χ4n) is 4.80. The number of benzene rings is 1. The lowest BCUT2D eigenvalue weighted by Crippen LogP contribution is -2.60. The average Bonchev–Trinajstić information content (AvgIpc) is 2.78. The predicted octanol–water partition coefficient (Wildman–Crippen LogP) is 2.98. The summed E-state index contributed by atoms with van der Waals surface area (Å²) < 4.78 is 19.7. The van der Waals surface area contributed by atoms with Crippen LogP contribution < -0.4 is 10.6 Å². The van der Waals surface area contributed by atoms with Gasteiger partial charge in [0, 0.05) is 43.8 Å². The zero-order valence-corrected chi connectivity index (χ0v) is 19.6. The van der Waals surface area contributed by atoms with Crippen molar-refractivity contribution >= 4 is 5.96 Å². The van der Waals surface area contributed by atoms with Crippen molar-refractivity contribution < 1.29 is 9.13 Å². The highest BCUT2D eigenvalue weighted by Gasteiger charge is 2.38. The summed E-state index contributed by atoms with van der Waals surface area (Å²) in [5.74, 6) is 0.676. The van der Waals surface area contributed by atoms with Gasteiger partial charge in [-0.05, 0) is 51.6 Å². The van der Waals surface area contributed by atoms with Crippen molar-refractivity contribution in [3.8, 4) is 0 Å². The summed E-state index contributed by atoms with van der Waals surface area (Å²) in [5.41, 5.74) is 1.92. The molecule has 2 aliphatic rings. The topological polar surface area (TPSA) is 52.1 Å². The Morgan fingerprint density at radius 2 is 1.90 bits per heavy atom. The maximum absolute atomic E-state index is 14.1. The van der Waals surface area contributed by atoms with Crippen molar-refractivity contribution in [3.05, 3.63) is 35.1 Å². The van der Waals surface area contributed by atoms with E-state index in [1.807, 2.05) is 31.1 Å². The van der Waals surface area contributed by atoms with Gasteiger partial charge < -0.3 is 20.3 Å². The highest BCUT2D eigenvalue weighted by Crippen LogP contribution is 2.33. The molecule has 7 heteroatoms. The van der Waals surface area contributed by atoms with Crippen LogP contribution in [0.1, 0.15) is 50.2 Å². The molecule has 1 saturated carbocycles. The highest BCUT2D eigenvalue weighted by atomic mass is 19.1. The summed E-state index contributed by atoms with van der Waals surface area (Å²) >= 11 is 0. The Morgan fingerprint density at radius 1 is 1.16 bits per heavy atom. The minimum Gasteiger partial charge on any atom is -0.379 e. The first-order valence-electron chi connectivity index (χ1n) is 11.8. The number of halogens is 1. The molecule has 0 atom stereocenters. The van der Waals surface area contributed by atoms with Crippen LogP contribution in [0.5, 0.6) is 0 Å². The van der Waals surface area contributed by atoms with Crippen LogP contribution in [0.15, 0.2) is 23.2 Å². The number of rotatable bonds is 8. The van der Waals surface area contributed by atoms with E-state index in [0.29, 0.717) is 18.7 Å². The molecular weight excluding hydrogens is 393 g/mol. The van der Waals surface area contributed by atoms with Crippen LogP contribution in [0.2, 0.25) is 0 Å². The lowest BCUT2D eigenvalue weighted by molar-refractivity contribution is -0.0352. The van der Waals surface area contributed by atoms with Gasteiger partial charge in [-0.15, -0.1) is 0 Å². The molecule has 0 spiro atoms. The minimum absolute atomic E-state index is 0.156. The number of nitrogens with zero attached hydrogens (tertiary/aromatic N) is 3. The molecule has 1 aromatic rings. The molecule has 1 aromatic carbocycles. The molecule has 1 heterocycles. The van der Waals surface area contributed by atoms with Gasteiger partial charge in [-0.1, -0.05) is 25.3 Å². The van der Waals surface area contributed by atoms with Crippen LogP contribution in [0.3, 0.4) is 0 Å². The number of guanidine groups is 1. The van der Waals surface area contributed by atoms with Crippen LogP contribution in [0.25, 0.3) is 0 Å². The van der Waals surface area contributed by atoms with Gasteiger partial charge in [-0.25, -0.2) is 9.38 Å². The molecule has 0 unspecified atom stereocenters. The summed E-state index contributed by atoms with van der Waals surface area (Å²) in [6.45, 7) is 8.59. The second kappa shape index (κ2) is 11.8. The molecule has 3 rings (SSSR count). The Bertz CT molecular complexity index is 712. The molecule has 31 heavy (non-hydrogen) atoms. The number of morpholine rings is 1. The number of nitrogens with one attached hydrogen (secondary N) is 2.